The predicted octanol–water partition coefficient (Wildman–Crippen LogP) is 2.14. The number of amides is 4. The van der Waals surface area contributed by atoms with Crippen molar-refractivity contribution in [1.82, 2.24) is 21.3 Å². The smallest absolute Gasteiger partial charge is 0.315 e. The van der Waals surface area contributed by atoms with Crippen molar-refractivity contribution in [3.8, 4) is 5.75 Å². The van der Waals surface area contributed by atoms with Crippen LogP contribution in [0.15, 0.2) is 0 Å². The predicted molar refractivity (Wildman–Crippen MR) is 197 cm³/mol. The van der Waals surface area contributed by atoms with Gasteiger partial charge in [0, 0.05) is 36.9 Å². The molecule has 330 valence electrons. The lowest BCUT2D eigenvalue weighted by molar-refractivity contribution is -0.136. The summed E-state index contributed by atoms with van der Waals surface area (Å²) in [5.41, 5.74) is 0. The first kappa shape index (κ1) is 49.0. The van der Waals surface area contributed by atoms with Crippen molar-refractivity contribution >= 4 is 35.6 Å². The summed E-state index contributed by atoms with van der Waals surface area (Å²) >= 11 is 1.86. The molecule has 2 saturated heterocycles. The van der Waals surface area contributed by atoms with E-state index >= 15 is 0 Å². The highest BCUT2D eigenvalue weighted by molar-refractivity contribution is 8.00. The highest BCUT2D eigenvalue weighted by atomic mass is 32.2. The highest BCUT2D eigenvalue weighted by Crippen LogP contribution is 2.33. The van der Waals surface area contributed by atoms with Crippen LogP contribution in [0.25, 0.3) is 0 Å². The van der Waals surface area contributed by atoms with Crippen molar-refractivity contribution in [3.63, 3.8) is 0 Å². The third-order valence-electron chi connectivity index (χ3n) is 8.39. The summed E-state index contributed by atoms with van der Waals surface area (Å²) in [7, 11) is 0. The second-order valence-corrected chi connectivity index (χ2v) is 14.0. The number of carbonyl (C=O) groups is 4. The molecule has 2 aliphatic heterocycles. The van der Waals surface area contributed by atoms with E-state index in [1.165, 1.54) is 0 Å². The fourth-order valence-electron chi connectivity index (χ4n) is 5.44. The lowest BCUT2D eigenvalue weighted by atomic mass is 10.0. The van der Waals surface area contributed by atoms with Gasteiger partial charge >= 0.3 is 12.0 Å². The van der Waals surface area contributed by atoms with Crippen LogP contribution in [-0.2, 0) is 47.5 Å². The number of fused-ring (bicyclic) bond motifs is 1. The number of nitrogens with one attached hydrogen (secondary N) is 4. The lowest BCUT2D eigenvalue weighted by Crippen LogP contribution is -2.36. The quantitative estimate of drug-likeness (QED) is 0.0153. The average molecular weight is 861 g/mol. The summed E-state index contributed by atoms with van der Waals surface area (Å²) in [6, 6.07) is 0.289. The van der Waals surface area contributed by atoms with E-state index in [0.717, 1.165) is 25.0 Å². The van der Waals surface area contributed by atoms with Crippen LogP contribution in [0, 0.1) is 29.1 Å². The first-order chi connectivity index (χ1) is 28.1. The van der Waals surface area contributed by atoms with E-state index in [4.69, 9.17) is 33.2 Å². The van der Waals surface area contributed by atoms with Gasteiger partial charge in [-0.15, -0.1) is 0 Å². The van der Waals surface area contributed by atoms with Crippen LogP contribution in [0.5, 0.6) is 5.75 Å². The molecule has 16 nitrogen and oxygen atoms in total. The van der Waals surface area contributed by atoms with Crippen molar-refractivity contribution in [1.29, 1.82) is 0 Å². The Morgan fingerprint density at radius 1 is 0.569 bits per heavy atom. The number of rotatable bonds is 33. The Kier molecular flexibility index (Phi) is 24.4. The monoisotopic (exact) mass is 860 g/mol. The molecule has 1 aromatic rings. The Balaban J connectivity index is 0.966. The summed E-state index contributed by atoms with van der Waals surface area (Å²) in [6.45, 7) is 4.32. The number of halogens is 5. The van der Waals surface area contributed by atoms with Gasteiger partial charge in [0.05, 0.1) is 111 Å². The van der Waals surface area contributed by atoms with Gasteiger partial charge in [-0.2, -0.15) is 20.5 Å². The van der Waals surface area contributed by atoms with E-state index in [1.807, 2.05) is 11.8 Å². The number of hydrogen-bond donors (Lipinski definition) is 4. The molecule has 0 saturated carbocycles. The second kappa shape index (κ2) is 28.9. The lowest BCUT2D eigenvalue weighted by Gasteiger charge is -2.16. The molecule has 58 heavy (non-hydrogen) atoms. The summed E-state index contributed by atoms with van der Waals surface area (Å²) in [6.07, 6.45) is 2.78. The number of ether oxygens (including phenoxy) is 8. The number of carbonyl (C=O) groups excluding carboxylic acids is 4. The van der Waals surface area contributed by atoms with Gasteiger partial charge in [0.1, 0.15) is 0 Å². The van der Waals surface area contributed by atoms with Crippen LogP contribution >= 0.6 is 11.8 Å². The van der Waals surface area contributed by atoms with Crippen molar-refractivity contribution in [2.24, 2.45) is 0 Å². The Morgan fingerprint density at radius 3 is 1.50 bits per heavy atom. The third-order valence-corrected chi connectivity index (χ3v) is 9.90. The molecular formula is C36H53F5N4O12S. The second-order valence-electron chi connectivity index (χ2n) is 12.7. The maximum Gasteiger partial charge on any atom is 0.315 e. The molecule has 4 N–H and O–H groups in total. The van der Waals surface area contributed by atoms with Gasteiger partial charge < -0.3 is 59.2 Å². The van der Waals surface area contributed by atoms with E-state index in [1.54, 1.807) is 0 Å². The van der Waals surface area contributed by atoms with Gasteiger partial charge in [-0.25, -0.2) is 18.0 Å². The molecule has 0 aliphatic carbocycles. The minimum absolute atomic E-state index is 0.0452. The van der Waals surface area contributed by atoms with Gasteiger partial charge in [0.25, 0.3) is 0 Å². The average Bonchev–Trinajstić information content (AvgIpc) is 3.77. The molecule has 22 heteroatoms. The standard InChI is InChI=1S/C36H53F5N4O12S/c37-29-30(38)32(40)35(33(41)31(29)39)57-28(48)6-10-51-12-14-53-16-18-55-20-22-56-21-19-54-17-15-52-13-11-50-9-5-27(47)43-8-7-42-26(46)4-2-1-3-25-34-24(23-58-25)44-36(49)45-34/h24-25,34H,1-23H2,(H,42,46)(H,43,47)(H2,44,45,49)/t24-,25-,34-/m0/s1. The Hall–Kier alpha value is -3.38. The molecule has 0 radical (unpaired) electrons. The molecule has 3 atom stereocenters. The SMILES string of the molecule is O=C(CCCC[C@@H]1SC[C@@H]2NC(=O)N[C@@H]21)NCCNC(=O)CCOCCOCCOCCOCCOCCOCCOCCC(=O)Oc1c(F)c(F)c(F)c(F)c1F. The minimum atomic E-state index is -2.36. The van der Waals surface area contributed by atoms with Crippen molar-refractivity contribution in [2.45, 2.75) is 55.9 Å². The van der Waals surface area contributed by atoms with Crippen molar-refractivity contribution < 1.29 is 79.0 Å². The number of urea groups is 1. The molecule has 1 aromatic carbocycles. The van der Waals surface area contributed by atoms with Crippen LogP contribution in [0.3, 0.4) is 0 Å². The Labute approximate surface area is 337 Å². The molecule has 2 fully saturated rings. The maximum atomic E-state index is 13.6. The van der Waals surface area contributed by atoms with E-state index in [9.17, 15) is 41.1 Å². The first-order valence-corrected chi connectivity index (χ1v) is 20.1. The molecular weight excluding hydrogens is 807 g/mol. The van der Waals surface area contributed by atoms with E-state index in [0.29, 0.717) is 77.6 Å². The van der Waals surface area contributed by atoms with Crippen LogP contribution in [0.2, 0.25) is 0 Å². The van der Waals surface area contributed by atoms with Gasteiger partial charge in [0.15, 0.2) is 0 Å². The summed E-state index contributed by atoms with van der Waals surface area (Å²) in [4.78, 5) is 47.2. The summed E-state index contributed by atoms with van der Waals surface area (Å²) in [5, 5.41) is 11.9. The molecule has 4 amide bonds. The number of thioether (sulfide) groups is 1. The summed E-state index contributed by atoms with van der Waals surface area (Å²) < 4.78 is 108. The van der Waals surface area contributed by atoms with E-state index < -0.39 is 47.2 Å². The van der Waals surface area contributed by atoms with Gasteiger partial charge in [0.2, 0.25) is 46.6 Å². The maximum absolute atomic E-state index is 13.6. The van der Waals surface area contributed by atoms with E-state index in [-0.39, 0.29) is 76.0 Å². The molecule has 2 aliphatic rings. The number of hydrogen-bond acceptors (Lipinski definition) is 13. The van der Waals surface area contributed by atoms with Crippen LogP contribution < -0.4 is 26.0 Å². The first-order valence-electron chi connectivity index (χ1n) is 19.1. The third kappa shape index (κ3) is 19.1. The fraction of sp³-hybridized carbons (Fsp3) is 0.722. The van der Waals surface area contributed by atoms with Crippen LogP contribution in [-0.4, -0.2) is 152 Å². The molecule has 0 aromatic heterocycles. The Morgan fingerprint density at radius 2 is 1.00 bits per heavy atom. The Bertz CT molecular complexity index is 1400. The highest BCUT2D eigenvalue weighted by Gasteiger charge is 2.42. The molecule has 0 unspecified atom stereocenters. The van der Waals surface area contributed by atoms with E-state index in [2.05, 4.69) is 26.0 Å². The number of esters is 1. The van der Waals surface area contributed by atoms with Crippen molar-refractivity contribution in [3.05, 3.63) is 29.1 Å². The van der Waals surface area contributed by atoms with Crippen LogP contribution in [0.4, 0.5) is 26.7 Å². The van der Waals surface area contributed by atoms with Gasteiger partial charge in [-0.1, -0.05) is 6.42 Å². The molecule has 0 bridgehead atoms. The normalized spacial score (nSPS) is 17.2. The molecule has 3 rings (SSSR count). The molecule has 0 spiro atoms. The molecule has 2 heterocycles. The zero-order valence-electron chi connectivity index (χ0n) is 32.2. The zero-order chi connectivity index (χ0) is 42.0. The van der Waals surface area contributed by atoms with Crippen LogP contribution in [0.1, 0.15) is 38.5 Å². The number of unbranched alkanes of at least 4 members (excludes halogenated alkanes) is 1. The zero-order valence-corrected chi connectivity index (χ0v) is 33.0. The number of benzene rings is 1. The largest absolute Gasteiger partial charge is 0.420 e. The van der Waals surface area contributed by atoms with Gasteiger partial charge in [-0.05, 0) is 12.8 Å². The minimum Gasteiger partial charge on any atom is -0.420 e. The summed E-state index contributed by atoms with van der Waals surface area (Å²) in [5.74, 6) is -13.5. The fourth-order valence-corrected chi connectivity index (χ4v) is 6.98. The topological polar surface area (TPSA) is 190 Å². The van der Waals surface area contributed by atoms with Gasteiger partial charge in [-0.3, -0.25) is 14.4 Å². The van der Waals surface area contributed by atoms with Crippen molar-refractivity contribution in [2.75, 3.05) is 111 Å².